The largest absolute Gasteiger partial charge is 0.469 e. The van der Waals surface area contributed by atoms with Crippen molar-refractivity contribution in [2.45, 2.75) is 134 Å². The summed E-state index contributed by atoms with van der Waals surface area (Å²) in [7, 11) is 1.46. The third kappa shape index (κ3) is 7.06. The molecule has 2 aliphatic carbocycles. The number of hydrogen-bond donors (Lipinski definition) is 0. The van der Waals surface area contributed by atoms with Gasteiger partial charge >= 0.3 is 5.97 Å². The molecule has 230 valence electrons. The molecule has 1 saturated carbocycles. The summed E-state index contributed by atoms with van der Waals surface area (Å²) in [5, 5.41) is 9.90. The normalized spacial score (nSPS) is 28.8. The summed E-state index contributed by atoms with van der Waals surface area (Å²) in [5.74, 6) is -0.283. The third-order valence-electron chi connectivity index (χ3n) is 11.4. The molecular formula is C36H57NO4. The van der Waals surface area contributed by atoms with Crippen LogP contribution < -0.4 is 0 Å². The van der Waals surface area contributed by atoms with E-state index in [-0.39, 0.29) is 50.7 Å². The fourth-order valence-corrected chi connectivity index (χ4v) is 8.17. The summed E-state index contributed by atoms with van der Waals surface area (Å²) in [6.07, 6.45) is 11.8. The Morgan fingerprint density at radius 1 is 1.05 bits per heavy atom. The molecule has 0 radical (unpaired) electrons. The lowest BCUT2D eigenvalue weighted by molar-refractivity contribution is -0.144. The highest BCUT2D eigenvalue weighted by Crippen LogP contribution is 2.67. The number of ketones is 2. The van der Waals surface area contributed by atoms with Crippen LogP contribution in [-0.2, 0) is 19.1 Å². The maximum absolute atomic E-state index is 13.2. The van der Waals surface area contributed by atoms with Gasteiger partial charge in [0.1, 0.15) is 6.07 Å². The van der Waals surface area contributed by atoms with E-state index in [0.29, 0.717) is 6.42 Å². The molecule has 4 atom stereocenters. The number of nitriles is 1. The number of rotatable bonds is 12. The van der Waals surface area contributed by atoms with Crippen molar-refractivity contribution in [3.63, 3.8) is 0 Å². The minimum absolute atomic E-state index is 0.000498. The molecule has 0 aromatic rings. The average Bonchev–Trinajstić information content (AvgIpc) is 2.86. The number of allylic oxidation sites excluding steroid dienone is 4. The van der Waals surface area contributed by atoms with Crippen LogP contribution in [0.5, 0.6) is 0 Å². The van der Waals surface area contributed by atoms with Crippen molar-refractivity contribution in [1.29, 1.82) is 5.26 Å². The smallest absolute Gasteiger partial charge is 0.306 e. The molecule has 2 aliphatic rings. The van der Waals surface area contributed by atoms with Gasteiger partial charge in [0.25, 0.3) is 0 Å². The van der Waals surface area contributed by atoms with Gasteiger partial charge in [0.2, 0.25) is 0 Å². The first-order valence-electron chi connectivity index (χ1n) is 15.6. The fourth-order valence-electron chi connectivity index (χ4n) is 8.17. The number of fused-ring (bicyclic) bond motifs is 1. The second-order valence-electron chi connectivity index (χ2n) is 16.0. The van der Waals surface area contributed by atoms with Crippen LogP contribution in [-0.4, -0.2) is 24.6 Å². The van der Waals surface area contributed by atoms with E-state index < -0.39 is 10.8 Å². The monoisotopic (exact) mass is 567 g/mol. The Morgan fingerprint density at radius 2 is 1.63 bits per heavy atom. The first-order valence-corrected chi connectivity index (χ1v) is 15.6. The molecular weight excluding hydrogens is 510 g/mol. The molecule has 0 saturated heterocycles. The number of Topliss-reactive ketones (excluding diaryl/α,β-unsaturated/α-hetero) is 1. The maximum atomic E-state index is 13.2. The van der Waals surface area contributed by atoms with Gasteiger partial charge in [-0.2, -0.15) is 5.26 Å². The predicted molar refractivity (Wildman–Crippen MR) is 166 cm³/mol. The van der Waals surface area contributed by atoms with Gasteiger partial charge in [-0.25, -0.2) is 0 Å². The molecule has 0 heterocycles. The summed E-state index contributed by atoms with van der Waals surface area (Å²) >= 11 is 0. The van der Waals surface area contributed by atoms with Gasteiger partial charge in [0.05, 0.1) is 19.1 Å². The molecule has 0 aromatic carbocycles. The molecule has 5 nitrogen and oxygen atoms in total. The van der Waals surface area contributed by atoms with E-state index in [1.807, 2.05) is 19.9 Å². The van der Waals surface area contributed by atoms with Crippen LogP contribution in [0, 0.1) is 49.7 Å². The number of carbonyl (C=O) groups is 3. The Kier molecular flexibility index (Phi) is 10.4. The second kappa shape index (κ2) is 12.2. The predicted octanol–water partition coefficient (Wildman–Crippen LogP) is 8.97. The lowest BCUT2D eigenvalue weighted by Crippen LogP contribution is -2.55. The molecule has 1 unspecified atom stereocenters. The summed E-state index contributed by atoms with van der Waals surface area (Å²) in [6, 6.07) is 2.17. The molecule has 2 rings (SSSR count). The molecule has 0 N–H and O–H groups in total. The standard InChI is InChI=1S/C36H57NO4/c1-13-15-31(3,4)17-19-34(9,23-29(39)41-12)20-18-32(5,6)36(11)16-14-27-33(7,8)30(40)26(24-37)22-35(27,10)28(36)21-25(2)38/h21-22,27H,13-20,23H2,1-12H3/b28-21-/t27?,34-,35-,36+/m0/s1. The van der Waals surface area contributed by atoms with E-state index in [2.05, 4.69) is 61.5 Å². The number of carbonyl (C=O) groups excluding carboxylic acids is 3. The zero-order valence-electron chi connectivity index (χ0n) is 28.2. The minimum atomic E-state index is -0.694. The number of nitrogens with zero attached hydrogens (tertiary/aromatic N) is 1. The van der Waals surface area contributed by atoms with Crippen molar-refractivity contribution >= 4 is 17.5 Å². The van der Waals surface area contributed by atoms with Crippen molar-refractivity contribution < 1.29 is 19.1 Å². The van der Waals surface area contributed by atoms with E-state index in [0.717, 1.165) is 56.9 Å². The lowest BCUT2D eigenvalue weighted by atomic mass is 9.42. The quantitative estimate of drug-likeness (QED) is 0.174. The molecule has 41 heavy (non-hydrogen) atoms. The lowest BCUT2D eigenvalue weighted by Gasteiger charge is -2.61. The highest BCUT2D eigenvalue weighted by molar-refractivity contribution is 6.04. The van der Waals surface area contributed by atoms with E-state index in [4.69, 9.17) is 4.74 Å². The van der Waals surface area contributed by atoms with Crippen LogP contribution >= 0.6 is 0 Å². The number of esters is 1. The molecule has 0 aliphatic heterocycles. The van der Waals surface area contributed by atoms with Gasteiger partial charge < -0.3 is 4.74 Å². The fraction of sp³-hybridized carbons (Fsp3) is 0.778. The van der Waals surface area contributed by atoms with E-state index in [1.165, 1.54) is 7.11 Å². The molecule has 0 spiro atoms. The molecule has 0 amide bonds. The van der Waals surface area contributed by atoms with Crippen LogP contribution in [0.2, 0.25) is 0 Å². The topological polar surface area (TPSA) is 84.2 Å². The van der Waals surface area contributed by atoms with Gasteiger partial charge in [-0.15, -0.1) is 0 Å². The van der Waals surface area contributed by atoms with Crippen LogP contribution in [0.15, 0.2) is 23.3 Å². The average molecular weight is 568 g/mol. The van der Waals surface area contributed by atoms with Gasteiger partial charge in [0.15, 0.2) is 11.6 Å². The Labute approximate surface area is 250 Å². The van der Waals surface area contributed by atoms with E-state index in [9.17, 15) is 19.6 Å². The maximum Gasteiger partial charge on any atom is 0.306 e. The Hall–Kier alpha value is -2.22. The van der Waals surface area contributed by atoms with E-state index in [1.54, 1.807) is 13.0 Å². The van der Waals surface area contributed by atoms with Gasteiger partial charge in [-0.1, -0.05) is 87.3 Å². The Balaban J connectivity index is 2.53. The van der Waals surface area contributed by atoms with Crippen LogP contribution in [0.25, 0.3) is 0 Å². The summed E-state index contributed by atoms with van der Waals surface area (Å²) in [4.78, 5) is 38.5. The molecule has 1 fully saturated rings. The van der Waals surface area contributed by atoms with Gasteiger partial charge in [-0.3, -0.25) is 14.4 Å². The van der Waals surface area contributed by atoms with Crippen molar-refractivity contribution in [3.05, 3.63) is 23.3 Å². The van der Waals surface area contributed by atoms with Crippen molar-refractivity contribution in [2.75, 3.05) is 7.11 Å². The van der Waals surface area contributed by atoms with Crippen LogP contribution in [0.3, 0.4) is 0 Å². The van der Waals surface area contributed by atoms with Crippen molar-refractivity contribution in [3.8, 4) is 6.07 Å². The number of ether oxygens (including phenoxy) is 1. The highest BCUT2D eigenvalue weighted by atomic mass is 16.5. The SMILES string of the molecule is CCCC(C)(C)CC[C@@](C)(CCC(C)(C)[C@]1(C)CCC2C(C)(C)C(=O)C(C#N)=C[C@]2(C)/C1=C/C(C)=O)CC(=O)OC. The van der Waals surface area contributed by atoms with Crippen LogP contribution in [0.1, 0.15) is 134 Å². The summed E-state index contributed by atoms with van der Waals surface area (Å²) in [6.45, 7) is 23.6. The number of methoxy groups -OCH3 is 1. The van der Waals surface area contributed by atoms with Crippen molar-refractivity contribution in [1.82, 2.24) is 0 Å². The highest BCUT2D eigenvalue weighted by Gasteiger charge is 2.61. The van der Waals surface area contributed by atoms with E-state index >= 15 is 0 Å². The Bertz CT molecular complexity index is 1130. The zero-order valence-corrected chi connectivity index (χ0v) is 28.2. The minimum Gasteiger partial charge on any atom is -0.469 e. The molecule has 0 bridgehead atoms. The molecule has 0 aromatic heterocycles. The number of hydrogen-bond acceptors (Lipinski definition) is 5. The first kappa shape index (κ1) is 35.0. The van der Waals surface area contributed by atoms with Crippen LogP contribution in [0.4, 0.5) is 0 Å². The zero-order chi connectivity index (χ0) is 31.7. The second-order valence-corrected chi connectivity index (χ2v) is 16.0. The van der Waals surface area contributed by atoms with Gasteiger partial charge in [0, 0.05) is 10.8 Å². The van der Waals surface area contributed by atoms with Gasteiger partial charge in [-0.05, 0) is 85.5 Å². The van der Waals surface area contributed by atoms with Crippen molar-refractivity contribution in [2.24, 2.45) is 38.4 Å². The molecule has 5 heteroatoms. The first-order chi connectivity index (χ1) is 18.6. The summed E-state index contributed by atoms with van der Waals surface area (Å²) < 4.78 is 5.13. The Morgan fingerprint density at radius 3 is 2.15 bits per heavy atom. The summed E-state index contributed by atoms with van der Waals surface area (Å²) in [5.41, 5.74) is -0.594. The third-order valence-corrected chi connectivity index (χ3v) is 11.4.